The molecular formula is C38H53ClIN3O10S. The molecule has 16 heteroatoms. The van der Waals surface area contributed by atoms with Crippen LogP contribution >= 0.6 is 41.7 Å². The topological polar surface area (TPSA) is 156 Å². The summed E-state index contributed by atoms with van der Waals surface area (Å²) in [4.78, 5) is 56.8. The fourth-order valence-electron chi connectivity index (χ4n) is 6.84. The van der Waals surface area contributed by atoms with Crippen LogP contribution in [0.4, 0.5) is 10.5 Å². The molecule has 4 rings (SSSR count). The number of ether oxygens (including phenoxy) is 5. The molecule has 3 heterocycles. The molecule has 0 aliphatic carbocycles. The van der Waals surface area contributed by atoms with Gasteiger partial charge >= 0.3 is 12.1 Å². The standard InChI is InChI=1S/C38H53ClIN3O10S/c1-21-12-11-13-28(50-10)38(48)20-27(51-35(47)41-38)22(2)33-37(6,53-33)29(52-34(46)23(3)42(7)30(44)14-15-36(4,5)54-40)19-31(45)43(8)25-17-24(16-21)18-26(49-9)32(25)39/h11-13,17-18,22-23,27-29,33,48H,14-16,19-20H2,1-10H3,(H,41,47)/b13-11+,21-12+/t22-,23+,27+,28-,29+,33+,37+,38+/m1/s1. The van der Waals surface area contributed by atoms with E-state index >= 15 is 0 Å². The Balaban J connectivity index is 1.73. The van der Waals surface area contributed by atoms with Crippen LogP contribution in [0.2, 0.25) is 5.02 Å². The first-order valence-electron chi connectivity index (χ1n) is 17.8. The van der Waals surface area contributed by atoms with E-state index in [1.54, 1.807) is 68.1 Å². The Kier molecular flexibility index (Phi) is 14.5. The van der Waals surface area contributed by atoms with Gasteiger partial charge in [0, 0.05) is 44.7 Å². The number of hydrogen-bond acceptors (Lipinski definition) is 11. The highest BCUT2D eigenvalue weighted by Crippen LogP contribution is 2.49. The highest BCUT2D eigenvalue weighted by Gasteiger charge is 2.64. The maximum absolute atomic E-state index is 14.2. The molecule has 0 unspecified atom stereocenters. The second-order valence-electron chi connectivity index (χ2n) is 15.2. The number of allylic oxidation sites excluding steroid dienone is 3. The third-order valence-electron chi connectivity index (χ3n) is 10.7. The lowest BCUT2D eigenvalue weighted by Gasteiger charge is -2.42. The van der Waals surface area contributed by atoms with E-state index in [-0.39, 0.29) is 34.9 Å². The monoisotopic (exact) mass is 905 g/mol. The van der Waals surface area contributed by atoms with Gasteiger partial charge in [0.15, 0.2) is 5.72 Å². The Hall–Kier alpha value is -2.57. The van der Waals surface area contributed by atoms with Gasteiger partial charge in [-0.25, -0.2) is 9.59 Å². The SMILES string of the molecule is COc1cc2cc(c1Cl)N(C)C(=O)C[C@H](OC(=O)[C@H](C)N(C)C(=O)CCC(C)(C)SI)[C@]1(C)O[C@H]1[C@H](C)[C@@H]1C[C@@](O)(NC(=O)O1)[C@H](OC)/C=C/C=C(\C)C2. The normalized spacial score (nSPS) is 31.2. The summed E-state index contributed by atoms with van der Waals surface area (Å²) in [6, 6.07) is 2.63. The van der Waals surface area contributed by atoms with E-state index in [1.165, 1.54) is 24.0 Å². The average Bonchev–Trinajstić information content (AvgIpc) is 3.82. The van der Waals surface area contributed by atoms with Gasteiger partial charge in [-0.05, 0) is 86.4 Å². The highest BCUT2D eigenvalue weighted by molar-refractivity contribution is 14.2. The lowest BCUT2D eigenvalue weighted by atomic mass is 9.83. The van der Waals surface area contributed by atoms with E-state index in [9.17, 15) is 24.3 Å². The van der Waals surface area contributed by atoms with Crippen LogP contribution in [-0.4, -0.2) is 109 Å². The number of benzene rings is 1. The number of methoxy groups -OCH3 is 2. The summed E-state index contributed by atoms with van der Waals surface area (Å²) >= 11 is 8.99. The molecule has 0 saturated carbocycles. The van der Waals surface area contributed by atoms with Crippen LogP contribution in [0.25, 0.3) is 0 Å². The van der Waals surface area contributed by atoms with Crippen LogP contribution in [-0.2, 0) is 39.8 Å². The van der Waals surface area contributed by atoms with Crippen molar-refractivity contribution in [2.24, 2.45) is 5.92 Å². The maximum Gasteiger partial charge on any atom is 0.409 e. The number of rotatable bonds is 9. The van der Waals surface area contributed by atoms with Crippen molar-refractivity contribution in [2.75, 3.05) is 33.2 Å². The zero-order valence-electron chi connectivity index (χ0n) is 32.6. The van der Waals surface area contributed by atoms with Gasteiger partial charge < -0.3 is 38.6 Å². The minimum atomic E-state index is -1.82. The third-order valence-corrected chi connectivity index (χ3v) is 15.3. The van der Waals surface area contributed by atoms with E-state index in [0.717, 1.165) is 11.1 Å². The van der Waals surface area contributed by atoms with Crippen molar-refractivity contribution in [1.29, 1.82) is 0 Å². The van der Waals surface area contributed by atoms with Crippen molar-refractivity contribution in [3.8, 4) is 5.75 Å². The van der Waals surface area contributed by atoms with Gasteiger partial charge in [0.05, 0.1) is 25.3 Å². The number of carbonyl (C=O) groups excluding carboxylic acids is 4. The average molecular weight is 906 g/mol. The minimum Gasteiger partial charge on any atom is -0.495 e. The quantitative estimate of drug-likeness (QED) is 0.166. The van der Waals surface area contributed by atoms with Crippen LogP contribution in [0, 0.1) is 5.92 Å². The molecule has 300 valence electrons. The van der Waals surface area contributed by atoms with E-state index in [4.69, 9.17) is 35.3 Å². The predicted octanol–water partition coefficient (Wildman–Crippen LogP) is 6.16. The number of aliphatic hydroxyl groups is 1. The number of anilines is 1. The molecule has 1 aromatic rings. The van der Waals surface area contributed by atoms with E-state index in [1.807, 2.05) is 26.8 Å². The number of amides is 3. The smallest absolute Gasteiger partial charge is 0.409 e. The van der Waals surface area contributed by atoms with Crippen LogP contribution in [0.5, 0.6) is 5.75 Å². The van der Waals surface area contributed by atoms with Crippen molar-refractivity contribution < 1.29 is 48.0 Å². The highest BCUT2D eigenvalue weighted by atomic mass is 127. The van der Waals surface area contributed by atoms with Crippen molar-refractivity contribution in [1.82, 2.24) is 10.2 Å². The molecule has 3 amide bonds. The number of nitrogens with zero attached hydrogens (tertiary/aromatic N) is 2. The van der Waals surface area contributed by atoms with E-state index < -0.39 is 65.7 Å². The number of esters is 1. The van der Waals surface area contributed by atoms with Gasteiger partial charge in [-0.2, -0.15) is 0 Å². The summed E-state index contributed by atoms with van der Waals surface area (Å²) in [5.41, 5.74) is -0.897. The molecule has 54 heavy (non-hydrogen) atoms. The minimum absolute atomic E-state index is 0.0472. The summed E-state index contributed by atoms with van der Waals surface area (Å²) in [5.74, 6) is -1.50. The van der Waals surface area contributed by atoms with Crippen LogP contribution in [0.15, 0.2) is 35.9 Å². The lowest BCUT2D eigenvalue weighted by Crippen LogP contribution is -2.63. The Labute approximate surface area is 339 Å². The number of likely N-dealkylation sites (N-methyl/N-ethyl adjacent to an activating group) is 1. The Morgan fingerprint density at radius 3 is 2.59 bits per heavy atom. The fourth-order valence-corrected chi connectivity index (χ4v) is 7.99. The molecule has 1 aromatic carbocycles. The molecule has 8 atom stereocenters. The lowest BCUT2D eigenvalue weighted by molar-refractivity contribution is -0.162. The molecule has 13 nitrogen and oxygen atoms in total. The van der Waals surface area contributed by atoms with Crippen molar-refractivity contribution in [3.63, 3.8) is 0 Å². The van der Waals surface area contributed by atoms with E-state index in [2.05, 4.69) is 26.5 Å². The number of halogens is 2. The summed E-state index contributed by atoms with van der Waals surface area (Å²) in [6.45, 7) is 11.1. The zero-order chi connectivity index (χ0) is 40.3. The molecule has 2 N–H and O–H groups in total. The van der Waals surface area contributed by atoms with Crippen LogP contribution in [0.3, 0.4) is 0 Å². The van der Waals surface area contributed by atoms with Gasteiger partial charge in [0.2, 0.25) is 11.8 Å². The molecule has 2 fully saturated rings. The van der Waals surface area contributed by atoms with Crippen molar-refractivity contribution in [2.45, 2.75) is 120 Å². The molecule has 0 spiro atoms. The van der Waals surface area contributed by atoms with Crippen LogP contribution < -0.4 is 15.0 Å². The summed E-state index contributed by atoms with van der Waals surface area (Å²) in [7, 11) is 7.70. The zero-order valence-corrected chi connectivity index (χ0v) is 36.3. The van der Waals surface area contributed by atoms with E-state index in [0.29, 0.717) is 24.3 Å². The van der Waals surface area contributed by atoms with Crippen molar-refractivity contribution in [3.05, 3.63) is 46.5 Å². The first kappa shape index (κ1) is 44.1. The second kappa shape index (κ2) is 17.7. The molecule has 4 bridgehead atoms. The fraction of sp³-hybridized carbons (Fsp3) is 0.632. The van der Waals surface area contributed by atoms with Gasteiger partial charge in [-0.1, -0.05) is 51.3 Å². The van der Waals surface area contributed by atoms with Crippen molar-refractivity contribution >= 4 is 71.3 Å². The van der Waals surface area contributed by atoms with Gasteiger partial charge in [0.25, 0.3) is 0 Å². The summed E-state index contributed by atoms with van der Waals surface area (Å²) in [5, 5.41) is 14.5. The molecule has 0 aromatic heterocycles. The number of alkyl carbamates (subject to hydrolysis) is 1. The number of nitrogens with one attached hydrogen (secondary N) is 1. The molecular weight excluding hydrogens is 853 g/mol. The second-order valence-corrected chi connectivity index (χ2v) is 18.2. The van der Waals surface area contributed by atoms with Gasteiger partial charge in [-0.3, -0.25) is 14.9 Å². The molecule has 3 aliphatic rings. The Morgan fingerprint density at radius 1 is 1.28 bits per heavy atom. The summed E-state index contributed by atoms with van der Waals surface area (Å²) < 4.78 is 29.2. The van der Waals surface area contributed by atoms with Gasteiger partial charge in [0.1, 0.15) is 40.7 Å². The molecule has 3 aliphatic heterocycles. The number of hydrogen-bond donors (Lipinski definition) is 2. The first-order valence-corrected chi connectivity index (χ1v) is 21.6. The molecule has 2 saturated heterocycles. The summed E-state index contributed by atoms with van der Waals surface area (Å²) in [6.07, 6.45) is 1.84. The van der Waals surface area contributed by atoms with Gasteiger partial charge in [-0.15, -0.1) is 0 Å². The number of fused-ring (bicyclic) bond motifs is 5. The predicted molar refractivity (Wildman–Crippen MR) is 216 cm³/mol. The molecule has 0 radical (unpaired) electrons. The first-order chi connectivity index (χ1) is 25.2. The largest absolute Gasteiger partial charge is 0.495 e. The Bertz CT molecular complexity index is 1660. The van der Waals surface area contributed by atoms with Crippen LogP contribution in [0.1, 0.15) is 72.8 Å². The maximum atomic E-state index is 14.2. The Morgan fingerprint density at radius 2 is 1.96 bits per heavy atom. The number of epoxide rings is 1. The third kappa shape index (κ3) is 10.0. The number of carbonyl (C=O) groups is 4.